The average molecular weight is 339 g/mol. The van der Waals surface area contributed by atoms with Crippen molar-refractivity contribution in [3.8, 4) is 34.5 Å². The highest BCUT2D eigenvalue weighted by molar-refractivity contribution is 5.89. The molecule has 0 atom stereocenters. The van der Waals surface area contributed by atoms with Crippen LogP contribution in [0.1, 0.15) is 20.7 Å². The Morgan fingerprint density at radius 3 is 1.25 bits per heavy atom. The van der Waals surface area contributed by atoms with Crippen LogP contribution in [-0.2, 0) is 0 Å². The number of rotatable bonds is 2. The van der Waals surface area contributed by atoms with Crippen LogP contribution in [0.25, 0.3) is 0 Å². The van der Waals surface area contributed by atoms with Gasteiger partial charge >= 0.3 is 11.9 Å². The molecule has 0 aliphatic rings. The van der Waals surface area contributed by atoms with Crippen molar-refractivity contribution in [2.75, 3.05) is 0 Å². The van der Waals surface area contributed by atoms with Crippen LogP contribution in [0.5, 0.6) is 34.5 Å². The quantitative estimate of drug-likeness (QED) is 0.375. The summed E-state index contributed by atoms with van der Waals surface area (Å²) in [5.74, 6) is -7.17. The number of carboxylic acids is 2. The van der Waals surface area contributed by atoms with Crippen LogP contribution in [0.2, 0.25) is 0 Å². The molecule has 0 spiro atoms. The molecule has 0 aromatic heterocycles. The Morgan fingerprint density at radius 1 is 0.667 bits per heavy atom. The van der Waals surface area contributed by atoms with Gasteiger partial charge in [-0.15, -0.1) is 0 Å². The Morgan fingerprint density at radius 2 is 0.958 bits per heavy atom. The fourth-order valence-electron chi connectivity index (χ4n) is 1.45. The van der Waals surface area contributed by atoms with Gasteiger partial charge in [-0.25, -0.2) is 9.59 Å². The lowest BCUT2D eigenvalue weighted by molar-refractivity contribution is -0.272. The molecule has 128 valence electrons. The number of carboxylic acid groups (broad SMARTS) is 2. The van der Waals surface area contributed by atoms with Gasteiger partial charge < -0.3 is 40.9 Å². The molecule has 0 radical (unpaired) electrons. The Bertz CT molecular complexity index is 683. The van der Waals surface area contributed by atoms with Crippen molar-refractivity contribution in [3.05, 3.63) is 35.4 Å². The van der Waals surface area contributed by atoms with Crippen LogP contribution < -0.4 is 5.11 Å². The number of aromatic hydroxyl groups is 5. The normalized spacial score (nSPS) is 9.67. The molecule has 2 rings (SSSR count). The molecule has 0 saturated carbocycles. The predicted molar refractivity (Wildman–Crippen MR) is 74.6 cm³/mol. The lowest BCUT2D eigenvalue weighted by atomic mass is 10.2. The van der Waals surface area contributed by atoms with E-state index in [4.69, 9.17) is 35.7 Å². The van der Waals surface area contributed by atoms with E-state index >= 15 is 0 Å². The van der Waals surface area contributed by atoms with Crippen LogP contribution in [0, 0.1) is 0 Å². The maximum Gasteiger partial charge on any atom is 0.335 e. The van der Waals surface area contributed by atoms with Gasteiger partial charge in [-0.3, -0.25) is 0 Å². The molecule has 2 aromatic carbocycles. The molecule has 7 N–H and O–H groups in total. The summed E-state index contributed by atoms with van der Waals surface area (Å²) in [6, 6.07) is 3.25. The minimum atomic E-state index is -1.32. The summed E-state index contributed by atoms with van der Waals surface area (Å²) < 4.78 is 0. The van der Waals surface area contributed by atoms with Crippen LogP contribution in [0.4, 0.5) is 0 Å². The van der Waals surface area contributed by atoms with Crippen molar-refractivity contribution in [1.29, 1.82) is 0 Å². The van der Waals surface area contributed by atoms with E-state index in [0.717, 1.165) is 24.3 Å². The summed E-state index contributed by atoms with van der Waals surface area (Å²) in [5, 5.41) is 71.6. The average Bonchev–Trinajstić information content (AvgIpc) is 2.49. The Hall–Kier alpha value is -3.82. The largest absolute Gasteiger partial charge is 0.867 e. The minimum absolute atomic E-state index is 0.289. The number of benzene rings is 2. The van der Waals surface area contributed by atoms with Crippen molar-refractivity contribution >= 4 is 11.9 Å². The second-order valence-corrected chi connectivity index (χ2v) is 4.32. The van der Waals surface area contributed by atoms with E-state index in [1.807, 2.05) is 0 Å². The molecule has 0 bridgehead atoms. The van der Waals surface area contributed by atoms with Gasteiger partial charge in [0.15, 0.2) is 17.2 Å². The molecule has 0 heterocycles. The van der Waals surface area contributed by atoms with E-state index in [9.17, 15) is 14.7 Å². The second kappa shape index (κ2) is 6.96. The second-order valence-electron chi connectivity index (χ2n) is 4.32. The van der Waals surface area contributed by atoms with Crippen molar-refractivity contribution in [1.82, 2.24) is 0 Å². The number of phenols is 5. The molecule has 0 aliphatic heterocycles. The first-order valence-corrected chi connectivity index (χ1v) is 5.99. The van der Waals surface area contributed by atoms with E-state index < -0.39 is 46.4 Å². The molecular weight excluding hydrogens is 328 g/mol. The first-order chi connectivity index (χ1) is 11.0. The first-order valence-electron chi connectivity index (χ1n) is 5.99. The lowest BCUT2D eigenvalue weighted by Crippen LogP contribution is -1.98. The van der Waals surface area contributed by atoms with Gasteiger partial charge in [0.1, 0.15) is 11.5 Å². The highest BCUT2D eigenvalue weighted by Crippen LogP contribution is 2.35. The number of hydrogen-bond acceptors (Lipinski definition) is 8. The third kappa shape index (κ3) is 4.10. The van der Waals surface area contributed by atoms with Crippen molar-refractivity contribution in [3.63, 3.8) is 0 Å². The number of carbonyl (C=O) groups is 2. The fourth-order valence-corrected chi connectivity index (χ4v) is 1.45. The summed E-state index contributed by atoms with van der Waals surface area (Å²) >= 11 is 0. The van der Waals surface area contributed by atoms with E-state index in [2.05, 4.69) is 0 Å². The van der Waals surface area contributed by atoms with Crippen molar-refractivity contribution in [2.24, 2.45) is 0 Å². The zero-order chi connectivity index (χ0) is 18.6. The molecule has 24 heavy (non-hydrogen) atoms. The molecule has 0 unspecified atom stereocenters. The van der Waals surface area contributed by atoms with Gasteiger partial charge in [-0.1, -0.05) is 0 Å². The summed E-state index contributed by atoms with van der Waals surface area (Å²) in [5.41, 5.74) is -0.618. The van der Waals surface area contributed by atoms with Gasteiger partial charge in [0.2, 0.25) is 0 Å². The number of aromatic carboxylic acids is 2. The molecule has 10 heteroatoms. The van der Waals surface area contributed by atoms with E-state index in [1.165, 1.54) is 0 Å². The van der Waals surface area contributed by atoms with Crippen molar-refractivity contribution < 1.29 is 50.4 Å². The molecule has 2 aromatic rings. The maximum atomic E-state index is 10.7. The summed E-state index contributed by atoms with van der Waals surface area (Å²) in [4.78, 5) is 20.6. The molecule has 0 amide bonds. The third-order valence-electron chi connectivity index (χ3n) is 2.61. The molecular formula is C14H11O10-. The van der Waals surface area contributed by atoms with Gasteiger partial charge in [-0.2, -0.15) is 0 Å². The van der Waals surface area contributed by atoms with Crippen LogP contribution >= 0.6 is 0 Å². The maximum absolute atomic E-state index is 10.7. The fraction of sp³-hybridized carbons (Fsp3) is 0. The van der Waals surface area contributed by atoms with Gasteiger partial charge in [-0.05, 0) is 30.0 Å². The van der Waals surface area contributed by atoms with Gasteiger partial charge in [0.05, 0.1) is 11.1 Å². The summed E-state index contributed by atoms with van der Waals surface area (Å²) in [6.45, 7) is 0. The third-order valence-corrected chi connectivity index (χ3v) is 2.61. The minimum Gasteiger partial charge on any atom is -0.867 e. The zero-order valence-electron chi connectivity index (χ0n) is 11.7. The molecule has 0 aliphatic carbocycles. The van der Waals surface area contributed by atoms with E-state index in [-0.39, 0.29) is 11.1 Å². The standard InChI is InChI=1S/2C7H6O5/c2*8-4-1-3(7(11)12)2-5(9)6(4)10/h2*1-2,8-10H,(H,11,12)/p-1. The highest BCUT2D eigenvalue weighted by Gasteiger charge is 2.11. The van der Waals surface area contributed by atoms with Crippen LogP contribution in [0.15, 0.2) is 24.3 Å². The number of phenolic OH excluding ortho intramolecular Hbond substituents is 5. The first kappa shape index (κ1) is 18.2. The zero-order valence-corrected chi connectivity index (χ0v) is 11.7. The van der Waals surface area contributed by atoms with Crippen LogP contribution in [-0.4, -0.2) is 47.7 Å². The van der Waals surface area contributed by atoms with E-state index in [1.54, 1.807) is 0 Å². The van der Waals surface area contributed by atoms with Gasteiger partial charge in [0, 0.05) is 0 Å². The highest BCUT2D eigenvalue weighted by atomic mass is 16.4. The summed E-state index contributed by atoms with van der Waals surface area (Å²) in [6.07, 6.45) is 0. The smallest absolute Gasteiger partial charge is 0.335 e. The topological polar surface area (TPSA) is 199 Å². The predicted octanol–water partition coefficient (Wildman–Crippen LogP) is 0.371. The Labute approximate surface area is 133 Å². The van der Waals surface area contributed by atoms with Gasteiger partial charge in [0.25, 0.3) is 0 Å². The molecule has 0 saturated heterocycles. The van der Waals surface area contributed by atoms with E-state index in [0.29, 0.717) is 0 Å². The molecule has 10 nitrogen and oxygen atoms in total. The van der Waals surface area contributed by atoms with Crippen LogP contribution in [0.3, 0.4) is 0 Å². The van der Waals surface area contributed by atoms with Crippen molar-refractivity contribution in [2.45, 2.75) is 0 Å². The Balaban J connectivity index is 0.000000240. The molecule has 0 fully saturated rings. The Kier molecular flexibility index (Phi) is 5.29. The monoisotopic (exact) mass is 339 g/mol. The number of hydrogen-bond donors (Lipinski definition) is 7. The SMILES string of the molecule is O=C(O)c1cc(O)c(O)c(O)c1.O=C(O)c1cc(O)c([O-])c(O)c1. The lowest BCUT2D eigenvalue weighted by Gasteiger charge is -2.10. The summed E-state index contributed by atoms with van der Waals surface area (Å²) in [7, 11) is 0.